The Labute approximate surface area is 109 Å². The van der Waals surface area contributed by atoms with E-state index >= 15 is 0 Å². The maximum atomic E-state index is 10.8. The van der Waals surface area contributed by atoms with Crippen LogP contribution in [0.3, 0.4) is 0 Å². The van der Waals surface area contributed by atoms with Crippen molar-refractivity contribution in [1.82, 2.24) is 0 Å². The van der Waals surface area contributed by atoms with Crippen molar-refractivity contribution < 1.29 is 14.6 Å². The van der Waals surface area contributed by atoms with Gasteiger partial charge in [-0.05, 0) is 50.2 Å². The highest BCUT2D eigenvalue weighted by Crippen LogP contribution is 2.43. The molecule has 1 aliphatic carbocycles. The van der Waals surface area contributed by atoms with E-state index in [0.717, 1.165) is 6.42 Å². The molecule has 1 fully saturated rings. The van der Waals surface area contributed by atoms with E-state index < -0.39 is 17.7 Å². The molecule has 0 bridgehead atoms. The summed E-state index contributed by atoms with van der Waals surface area (Å²) >= 11 is 0. The Kier molecular flexibility index (Phi) is 3.14. The molecule has 3 nitrogen and oxygen atoms in total. The zero-order valence-electron chi connectivity index (χ0n) is 11.6. The van der Waals surface area contributed by atoms with Crippen molar-refractivity contribution in [2.24, 2.45) is 5.41 Å². The van der Waals surface area contributed by atoms with Crippen LogP contribution in [-0.2, 0) is 9.53 Å². The van der Waals surface area contributed by atoms with Crippen molar-refractivity contribution in [3.8, 4) is 0 Å². The smallest absolute Gasteiger partial charge is 0.336 e. The first-order valence-electron chi connectivity index (χ1n) is 6.56. The standard InChI is InChI=1S/C15H22O3/c1-10-6-5-8-14(2,3)11(10)7-9-15(4)12(18-15)13(16)17/h7,9,12H,5-6,8H2,1-4H3,(H,16,17). The molecular weight excluding hydrogens is 228 g/mol. The molecule has 0 aromatic rings. The molecule has 100 valence electrons. The van der Waals surface area contributed by atoms with Gasteiger partial charge in [0.25, 0.3) is 0 Å². The minimum atomic E-state index is -0.879. The van der Waals surface area contributed by atoms with Crippen LogP contribution < -0.4 is 0 Å². The van der Waals surface area contributed by atoms with Gasteiger partial charge in [-0.1, -0.05) is 25.5 Å². The second kappa shape index (κ2) is 4.23. The number of rotatable bonds is 3. The number of hydrogen-bond donors (Lipinski definition) is 1. The lowest BCUT2D eigenvalue weighted by Gasteiger charge is -2.33. The van der Waals surface area contributed by atoms with Gasteiger partial charge in [0.1, 0.15) is 5.60 Å². The fourth-order valence-electron chi connectivity index (χ4n) is 2.90. The third-order valence-electron chi connectivity index (χ3n) is 4.18. The summed E-state index contributed by atoms with van der Waals surface area (Å²) in [4.78, 5) is 10.8. The van der Waals surface area contributed by atoms with Crippen LogP contribution in [0.15, 0.2) is 23.3 Å². The predicted molar refractivity (Wildman–Crippen MR) is 70.4 cm³/mol. The molecule has 2 atom stereocenters. The summed E-state index contributed by atoms with van der Waals surface area (Å²) in [6.07, 6.45) is 6.88. The molecule has 2 unspecified atom stereocenters. The van der Waals surface area contributed by atoms with Gasteiger partial charge in [-0.15, -0.1) is 0 Å². The van der Waals surface area contributed by atoms with Gasteiger partial charge >= 0.3 is 5.97 Å². The number of epoxide rings is 1. The Balaban J connectivity index is 2.17. The topological polar surface area (TPSA) is 49.8 Å². The van der Waals surface area contributed by atoms with Crippen molar-refractivity contribution in [2.45, 2.75) is 58.7 Å². The average molecular weight is 250 g/mol. The van der Waals surface area contributed by atoms with Crippen LogP contribution in [0, 0.1) is 5.41 Å². The molecule has 0 aromatic carbocycles. The van der Waals surface area contributed by atoms with E-state index in [-0.39, 0.29) is 5.41 Å². The number of allylic oxidation sites excluding steroid dienone is 3. The first kappa shape index (κ1) is 13.3. The van der Waals surface area contributed by atoms with Gasteiger partial charge in [-0.2, -0.15) is 0 Å². The van der Waals surface area contributed by atoms with Crippen molar-refractivity contribution in [2.75, 3.05) is 0 Å². The fourth-order valence-corrected chi connectivity index (χ4v) is 2.90. The van der Waals surface area contributed by atoms with Crippen molar-refractivity contribution in [3.63, 3.8) is 0 Å². The van der Waals surface area contributed by atoms with Crippen molar-refractivity contribution >= 4 is 5.97 Å². The zero-order chi connectivity index (χ0) is 13.6. The largest absolute Gasteiger partial charge is 0.479 e. The Hall–Kier alpha value is -1.09. The Morgan fingerprint density at radius 2 is 2.11 bits per heavy atom. The summed E-state index contributed by atoms with van der Waals surface area (Å²) in [7, 11) is 0. The van der Waals surface area contributed by atoms with Crippen LogP contribution >= 0.6 is 0 Å². The summed E-state index contributed by atoms with van der Waals surface area (Å²) in [5, 5.41) is 8.91. The molecule has 1 N–H and O–H groups in total. The van der Waals surface area contributed by atoms with Crippen LogP contribution in [0.5, 0.6) is 0 Å². The van der Waals surface area contributed by atoms with Crippen LogP contribution in [0.2, 0.25) is 0 Å². The molecule has 2 aliphatic rings. The van der Waals surface area contributed by atoms with Gasteiger partial charge in [0.2, 0.25) is 0 Å². The van der Waals surface area contributed by atoms with Gasteiger partial charge in [-0.25, -0.2) is 4.79 Å². The Morgan fingerprint density at radius 1 is 1.44 bits per heavy atom. The number of ether oxygens (including phenoxy) is 1. The number of aliphatic carboxylic acids is 1. The van der Waals surface area contributed by atoms with Gasteiger partial charge in [0.05, 0.1) is 0 Å². The minimum Gasteiger partial charge on any atom is -0.479 e. The van der Waals surface area contributed by atoms with Gasteiger partial charge in [0, 0.05) is 0 Å². The first-order chi connectivity index (χ1) is 8.26. The maximum Gasteiger partial charge on any atom is 0.336 e. The molecule has 18 heavy (non-hydrogen) atoms. The number of carboxylic acids is 1. The van der Waals surface area contributed by atoms with E-state index in [1.165, 1.54) is 24.0 Å². The third-order valence-corrected chi connectivity index (χ3v) is 4.18. The van der Waals surface area contributed by atoms with E-state index in [0.29, 0.717) is 0 Å². The highest BCUT2D eigenvalue weighted by Gasteiger charge is 2.55. The van der Waals surface area contributed by atoms with Crippen molar-refractivity contribution in [3.05, 3.63) is 23.3 Å². The Morgan fingerprint density at radius 3 is 2.61 bits per heavy atom. The molecule has 0 saturated carbocycles. The Bertz CT molecular complexity index is 431. The summed E-state index contributed by atoms with van der Waals surface area (Å²) in [5.41, 5.74) is 2.32. The van der Waals surface area contributed by atoms with Crippen LogP contribution in [0.25, 0.3) is 0 Å². The first-order valence-corrected chi connectivity index (χ1v) is 6.56. The lowest BCUT2D eigenvalue weighted by Crippen LogP contribution is -2.20. The second-order valence-electron chi connectivity index (χ2n) is 6.28. The van der Waals surface area contributed by atoms with Crippen LogP contribution in [0.1, 0.15) is 47.0 Å². The molecule has 0 radical (unpaired) electrons. The van der Waals surface area contributed by atoms with Gasteiger partial charge in [-0.3, -0.25) is 0 Å². The summed E-state index contributed by atoms with van der Waals surface area (Å²) in [6.45, 7) is 8.50. The predicted octanol–water partition coefficient (Wildman–Crippen LogP) is 3.31. The number of hydrogen-bond acceptors (Lipinski definition) is 2. The monoisotopic (exact) mass is 250 g/mol. The van der Waals surface area contributed by atoms with Gasteiger partial charge < -0.3 is 9.84 Å². The summed E-state index contributed by atoms with van der Waals surface area (Å²) < 4.78 is 5.25. The molecule has 1 saturated heterocycles. The molecule has 3 heteroatoms. The molecule has 1 aliphatic heterocycles. The molecule has 2 rings (SSSR count). The molecule has 1 heterocycles. The van der Waals surface area contributed by atoms with E-state index in [2.05, 4.69) is 26.8 Å². The van der Waals surface area contributed by atoms with Crippen LogP contribution in [-0.4, -0.2) is 22.8 Å². The quantitative estimate of drug-likeness (QED) is 0.782. The molecular formula is C15H22O3. The lowest BCUT2D eigenvalue weighted by atomic mass is 9.72. The average Bonchev–Trinajstić information content (AvgIpc) is 2.89. The van der Waals surface area contributed by atoms with Crippen molar-refractivity contribution in [1.29, 1.82) is 0 Å². The van der Waals surface area contributed by atoms with Crippen LogP contribution in [0.4, 0.5) is 0 Å². The molecule has 0 aromatic heterocycles. The number of carbonyl (C=O) groups is 1. The van der Waals surface area contributed by atoms with Gasteiger partial charge in [0.15, 0.2) is 6.10 Å². The normalized spacial score (nSPS) is 35.0. The summed E-state index contributed by atoms with van der Waals surface area (Å²) in [6, 6.07) is 0. The second-order valence-corrected chi connectivity index (χ2v) is 6.28. The summed E-state index contributed by atoms with van der Waals surface area (Å²) in [5.74, 6) is -0.879. The SMILES string of the molecule is CC1=C(C=CC2(C)OC2C(=O)O)C(C)(C)CCC1. The van der Waals surface area contributed by atoms with E-state index in [1.54, 1.807) is 0 Å². The molecule has 0 spiro atoms. The van der Waals surface area contributed by atoms with E-state index in [4.69, 9.17) is 9.84 Å². The van der Waals surface area contributed by atoms with E-state index in [1.807, 2.05) is 13.0 Å². The molecule has 0 amide bonds. The fraction of sp³-hybridized carbons (Fsp3) is 0.667. The maximum absolute atomic E-state index is 10.8. The lowest BCUT2D eigenvalue weighted by molar-refractivity contribution is -0.138. The highest BCUT2D eigenvalue weighted by molar-refractivity contribution is 5.78. The van der Waals surface area contributed by atoms with E-state index in [9.17, 15) is 4.79 Å². The highest BCUT2D eigenvalue weighted by atomic mass is 16.6. The number of carboxylic acid groups (broad SMARTS) is 1. The third kappa shape index (κ3) is 2.37. The minimum absolute atomic E-state index is 0.183. The zero-order valence-corrected chi connectivity index (χ0v) is 11.6.